The Balaban J connectivity index is 2.07. The summed E-state index contributed by atoms with van der Waals surface area (Å²) in [4.78, 5) is 9.37. The molecule has 2 aromatic rings. The highest BCUT2D eigenvalue weighted by atomic mass is 32.2. The highest BCUT2D eigenvalue weighted by molar-refractivity contribution is 8.00. The normalized spacial score (nSPS) is 20.3. The number of fused-ring (bicyclic) bond motifs is 1. The number of hydrogen-bond donors (Lipinski definition) is 0. The summed E-state index contributed by atoms with van der Waals surface area (Å²) < 4.78 is 2.35. The van der Waals surface area contributed by atoms with Gasteiger partial charge in [0, 0.05) is 23.4 Å². The zero-order valence-electron chi connectivity index (χ0n) is 11.9. The standard InChI is InChI=1S/C15H21N3S/c1-15(2,3)14-17-12-7-4-8-16-13(12)18(14)10-11-6-5-9-19-11/h4,7-8,11H,5-6,9-10H2,1-3H3. The lowest BCUT2D eigenvalue weighted by Crippen LogP contribution is -2.22. The van der Waals surface area contributed by atoms with Crippen molar-refractivity contribution in [2.75, 3.05) is 5.75 Å². The summed E-state index contributed by atoms with van der Waals surface area (Å²) in [5.74, 6) is 2.46. The van der Waals surface area contributed by atoms with Crippen molar-refractivity contribution in [3.63, 3.8) is 0 Å². The maximum absolute atomic E-state index is 4.82. The van der Waals surface area contributed by atoms with Crippen LogP contribution in [0.3, 0.4) is 0 Å². The van der Waals surface area contributed by atoms with E-state index in [2.05, 4.69) is 48.2 Å². The summed E-state index contributed by atoms with van der Waals surface area (Å²) in [5.41, 5.74) is 2.12. The first-order valence-corrected chi connectivity index (χ1v) is 8.04. The van der Waals surface area contributed by atoms with Crippen LogP contribution in [0.2, 0.25) is 0 Å². The molecule has 1 aliphatic rings. The first-order chi connectivity index (χ1) is 9.05. The van der Waals surface area contributed by atoms with E-state index < -0.39 is 0 Å². The number of hydrogen-bond acceptors (Lipinski definition) is 3. The van der Waals surface area contributed by atoms with Crippen LogP contribution in [0.25, 0.3) is 11.2 Å². The maximum atomic E-state index is 4.82. The molecule has 1 saturated heterocycles. The molecule has 19 heavy (non-hydrogen) atoms. The van der Waals surface area contributed by atoms with Crippen LogP contribution in [0.4, 0.5) is 0 Å². The molecule has 0 spiro atoms. The van der Waals surface area contributed by atoms with Gasteiger partial charge in [-0.25, -0.2) is 9.97 Å². The molecule has 0 bridgehead atoms. The van der Waals surface area contributed by atoms with Gasteiger partial charge >= 0.3 is 0 Å². The van der Waals surface area contributed by atoms with Gasteiger partial charge in [-0.1, -0.05) is 20.8 Å². The molecule has 102 valence electrons. The minimum absolute atomic E-state index is 0.0595. The van der Waals surface area contributed by atoms with E-state index >= 15 is 0 Å². The van der Waals surface area contributed by atoms with Crippen molar-refractivity contribution in [1.82, 2.24) is 14.5 Å². The van der Waals surface area contributed by atoms with Crippen molar-refractivity contribution >= 4 is 22.9 Å². The lowest BCUT2D eigenvalue weighted by atomic mass is 9.95. The van der Waals surface area contributed by atoms with Crippen LogP contribution in [-0.4, -0.2) is 25.5 Å². The molecule has 0 radical (unpaired) electrons. The lowest BCUT2D eigenvalue weighted by molar-refractivity contribution is 0.496. The van der Waals surface area contributed by atoms with Crippen molar-refractivity contribution in [3.05, 3.63) is 24.2 Å². The largest absolute Gasteiger partial charge is 0.311 e. The Morgan fingerprint density at radius 3 is 2.95 bits per heavy atom. The molecule has 0 aliphatic carbocycles. The molecule has 2 aromatic heterocycles. The number of rotatable bonds is 2. The number of nitrogens with zero attached hydrogens (tertiary/aromatic N) is 3. The van der Waals surface area contributed by atoms with Gasteiger partial charge in [0.2, 0.25) is 0 Å². The van der Waals surface area contributed by atoms with Gasteiger partial charge in [0.15, 0.2) is 5.65 Å². The van der Waals surface area contributed by atoms with E-state index in [1.165, 1.54) is 18.6 Å². The molecule has 1 fully saturated rings. The van der Waals surface area contributed by atoms with Crippen molar-refractivity contribution in [2.45, 2.75) is 50.8 Å². The molecule has 4 heteroatoms. The van der Waals surface area contributed by atoms with Crippen LogP contribution >= 0.6 is 11.8 Å². The molecule has 0 amide bonds. The molecule has 3 heterocycles. The molecule has 0 saturated carbocycles. The van der Waals surface area contributed by atoms with Gasteiger partial charge in [-0.05, 0) is 30.7 Å². The topological polar surface area (TPSA) is 30.7 Å². The SMILES string of the molecule is CC(C)(C)c1nc2cccnc2n1CC1CCCS1. The van der Waals surface area contributed by atoms with Crippen molar-refractivity contribution in [1.29, 1.82) is 0 Å². The second-order valence-corrected chi connectivity index (χ2v) is 7.69. The Hall–Kier alpha value is -1.03. The molecule has 1 aliphatic heterocycles. The third-order valence-electron chi connectivity index (χ3n) is 3.58. The smallest absolute Gasteiger partial charge is 0.160 e. The molecular weight excluding hydrogens is 254 g/mol. The average Bonchev–Trinajstić information content (AvgIpc) is 2.97. The van der Waals surface area contributed by atoms with Crippen LogP contribution < -0.4 is 0 Å². The molecule has 1 unspecified atom stereocenters. The highest BCUT2D eigenvalue weighted by Crippen LogP contribution is 2.31. The minimum Gasteiger partial charge on any atom is -0.311 e. The van der Waals surface area contributed by atoms with Crippen molar-refractivity contribution < 1.29 is 0 Å². The fraction of sp³-hybridized carbons (Fsp3) is 0.600. The summed E-state index contributed by atoms with van der Waals surface area (Å²) in [5, 5.41) is 0.723. The maximum Gasteiger partial charge on any atom is 0.160 e. The van der Waals surface area contributed by atoms with Gasteiger partial charge in [-0.2, -0.15) is 11.8 Å². The van der Waals surface area contributed by atoms with Gasteiger partial charge in [0.05, 0.1) is 0 Å². The van der Waals surface area contributed by atoms with Crippen molar-refractivity contribution in [2.24, 2.45) is 0 Å². The second-order valence-electron chi connectivity index (χ2n) is 6.28. The second kappa shape index (κ2) is 4.82. The number of imidazole rings is 1. The Morgan fingerprint density at radius 2 is 2.26 bits per heavy atom. The fourth-order valence-electron chi connectivity index (χ4n) is 2.70. The Kier molecular flexibility index (Phi) is 3.29. The van der Waals surface area contributed by atoms with Gasteiger partial charge in [0.25, 0.3) is 0 Å². The first kappa shape index (κ1) is 13.0. The summed E-state index contributed by atoms with van der Waals surface area (Å²) in [6.45, 7) is 7.73. The number of pyridine rings is 1. The van der Waals surface area contributed by atoms with E-state index in [1.807, 2.05) is 12.3 Å². The van der Waals surface area contributed by atoms with Crippen molar-refractivity contribution in [3.8, 4) is 0 Å². The molecule has 3 rings (SSSR count). The third kappa shape index (κ3) is 2.50. The zero-order chi connectivity index (χ0) is 13.5. The molecule has 0 aromatic carbocycles. The zero-order valence-corrected chi connectivity index (χ0v) is 12.7. The highest BCUT2D eigenvalue weighted by Gasteiger charge is 2.26. The van der Waals surface area contributed by atoms with Crippen LogP contribution in [0, 0.1) is 0 Å². The van der Waals surface area contributed by atoms with Gasteiger partial charge < -0.3 is 4.57 Å². The lowest BCUT2D eigenvalue weighted by Gasteiger charge is -2.21. The Bertz CT molecular complexity index is 577. The van der Waals surface area contributed by atoms with Crippen LogP contribution in [-0.2, 0) is 12.0 Å². The molecule has 1 atom stereocenters. The van der Waals surface area contributed by atoms with E-state index in [1.54, 1.807) is 0 Å². The van der Waals surface area contributed by atoms with E-state index in [9.17, 15) is 0 Å². The van der Waals surface area contributed by atoms with Gasteiger partial charge in [0.1, 0.15) is 11.3 Å². The number of aromatic nitrogens is 3. The predicted octanol–water partition coefficient (Wildman–Crippen LogP) is 3.62. The van der Waals surface area contributed by atoms with Gasteiger partial charge in [-0.3, -0.25) is 0 Å². The average molecular weight is 275 g/mol. The van der Waals surface area contributed by atoms with Gasteiger partial charge in [-0.15, -0.1) is 0 Å². The number of thioether (sulfide) groups is 1. The minimum atomic E-state index is 0.0595. The monoisotopic (exact) mass is 275 g/mol. The molecule has 0 N–H and O–H groups in total. The van der Waals surface area contributed by atoms with E-state index in [4.69, 9.17) is 4.98 Å². The Morgan fingerprint density at radius 1 is 1.42 bits per heavy atom. The first-order valence-electron chi connectivity index (χ1n) is 6.99. The molecular formula is C15H21N3S. The van der Waals surface area contributed by atoms with Crippen LogP contribution in [0.5, 0.6) is 0 Å². The summed E-state index contributed by atoms with van der Waals surface area (Å²) in [7, 11) is 0. The van der Waals surface area contributed by atoms with E-state index in [-0.39, 0.29) is 5.41 Å². The van der Waals surface area contributed by atoms with E-state index in [0.29, 0.717) is 0 Å². The van der Waals surface area contributed by atoms with Crippen LogP contribution in [0.1, 0.15) is 39.4 Å². The predicted molar refractivity (Wildman–Crippen MR) is 81.7 cm³/mol. The van der Waals surface area contributed by atoms with E-state index in [0.717, 1.165) is 28.8 Å². The summed E-state index contributed by atoms with van der Waals surface area (Å²) >= 11 is 2.09. The fourth-order valence-corrected chi connectivity index (χ4v) is 3.95. The third-order valence-corrected chi connectivity index (χ3v) is 4.97. The molecule has 3 nitrogen and oxygen atoms in total. The van der Waals surface area contributed by atoms with Crippen LogP contribution in [0.15, 0.2) is 18.3 Å². The summed E-state index contributed by atoms with van der Waals surface area (Å²) in [6, 6.07) is 4.03. The summed E-state index contributed by atoms with van der Waals surface area (Å²) in [6.07, 6.45) is 4.54. The Labute approximate surface area is 118 Å². The quantitative estimate of drug-likeness (QED) is 0.838.